The van der Waals surface area contributed by atoms with Crippen molar-refractivity contribution in [3.8, 4) is 0 Å². The number of carbonyl (C=O) groups is 1. The summed E-state index contributed by atoms with van der Waals surface area (Å²) in [5.74, 6) is 1.01. The van der Waals surface area contributed by atoms with E-state index in [9.17, 15) is 4.79 Å². The van der Waals surface area contributed by atoms with E-state index in [1.54, 1.807) is 0 Å². The monoisotopic (exact) mass is 260 g/mol. The summed E-state index contributed by atoms with van der Waals surface area (Å²) in [6.07, 6.45) is 8.34. The van der Waals surface area contributed by atoms with Crippen molar-refractivity contribution >= 4 is 18.3 Å². The second-order valence-corrected chi connectivity index (χ2v) is 5.48. The fourth-order valence-electron chi connectivity index (χ4n) is 2.94. The first-order valence-electron chi connectivity index (χ1n) is 6.79. The summed E-state index contributed by atoms with van der Waals surface area (Å²) in [7, 11) is 0. The van der Waals surface area contributed by atoms with Gasteiger partial charge in [0.1, 0.15) is 0 Å². The number of amides is 1. The van der Waals surface area contributed by atoms with Gasteiger partial charge in [0.25, 0.3) is 0 Å². The van der Waals surface area contributed by atoms with Crippen LogP contribution < -0.4 is 10.6 Å². The summed E-state index contributed by atoms with van der Waals surface area (Å²) in [6, 6.07) is 0.506. The third-order valence-corrected chi connectivity index (χ3v) is 3.91. The lowest BCUT2D eigenvalue weighted by molar-refractivity contribution is -0.124. The van der Waals surface area contributed by atoms with E-state index in [0.717, 1.165) is 18.9 Å². The maximum atomic E-state index is 12.0. The SMILES string of the molecule is CC1CCCC(NC(=O)[C@@H]2CCCCN2)C1.Cl. The molecule has 4 heteroatoms. The van der Waals surface area contributed by atoms with Crippen LogP contribution in [-0.2, 0) is 4.79 Å². The average Bonchev–Trinajstić information content (AvgIpc) is 2.30. The largest absolute Gasteiger partial charge is 0.352 e. The molecule has 2 N–H and O–H groups in total. The Hall–Kier alpha value is -0.280. The molecule has 0 aromatic rings. The number of hydrogen-bond acceptors (Lipinski definition) is 2. The van der Waals surface area contributed by atoms with Crippen molar-refractivity contribution in [2.75, 3.05) is 6.54 Å². The molecular weight excluding hydrogens is 236 g/mol. The molecule has 2 aliphatic rings. The zero-order valence-corrected chi connectivity index (χ0v) is 11.5. The predicted octanol–water partition coefficient (Wildman–Crippen LogP) is 2.25. The predicted molar refractivity (Wildman–Crippen MR) is 72.5 cm³/mol. The highest BCUT2D eigenvalue weighted by molar-refractivity contribution is 5.85. The summed E-state index contributed by atoms with van der Waals surface area (Å²) in [5.41, 5.74) is 0. The molecule has 2 unspecified atom stereocenters. The van der Waals surface area contributed by atoms with E-state index in [1.165, 1.54) is 38.5 Å². The number of hydrogen-bond donors (Lipinski definition) is 2. The quantitative estimate of drug-likeness (QED) is 0.800. The first-order chi connectivity index (χ1) is 7.75. The highest BCUT2D eigenvalue weighted by atomic mass is 35.5. The van der Waals surface area contributed by atoms with Gasteiger partial charge in [-0.05, 0) is 38.1 Å². The molecule has 0 aromatic heterocycles. The topological polar surface area (TPSA) is 41.1 Å². The van der Waals surface area contributed by atoms with E-state index in [4.69, 9.17) is 0 Å². The second kappa shape index (κ2) is 7.22. The van der Waals surface area contributed by atoms with Crippen LogP contribution in [0.4, 0.5) is 0 Å². The van der Waals surface area contributed by atoms with Crippen LogP contribution in [0.25, 0.3) is 0 Å². The number of carbonyl (C=O) groups excluding carboxylic acids is 1. The lowest BCUT2D eigenvalue weighted by Crippen LogP contribution is -2.50. The Labute approximate surface area is 111 Å². The van der Waals surface area contributed by atoms with Crippen LogP contribution >= 0.6 is 12.4 Å². The van der Waals surface area contributed by atoms with Crippen LogP contribution in [0.1, 0.15) is 51.9 Å². The molecule has 2 rings (SSSR count). The molecule has 1 aliphatic carbocycles. The third-order valence-electron chi connectivity index (χ3n) is 3.91. The molecule has 17 heavy (non-hydrogen) atoms. The first-order valence-corrected chi connectivity index (χ1v) is 6.79. The lowest BCUT2D eigenvalue weighted by Gasteiger charge is -2.30. The Morgan fingerprint density at radius 1 is 1.18 bits per heavy atom. The minimum absolute atomic E-state index is 0. The van der Waals surface area contributed by atoms with E-state index >= 15 is 0 Å². The zero-order chi connectivity index (χ0) is 11.4. The molecule has 3 nitrogen and oxygen atoms in total. The van der Waals surface area contributed by atoms with Gasteiger partial charge < -0.3 is 10.6 Å². The Bertz CT molecular complexity index is 242. The minimum atomic E-state index is 0. The van der Waals surface area contributed by atoms with Crippen LogP contribution in [0.2, 0.25) is 0 Å². The smallest absolute Gasteiger partial charge is 0.237 e. The summed E-state index contributed by atoms with van der Waals surface area (Å²) in [4.78, 5) is 12.0. The highest BCUT2D eigenvalue weighted by Crippen LogP contribution is 2.23. The van der Waals surface area contributed by atoms with Gasteiger partial charge in [0.05, 0.1) is 6.04 Å². The van der Waals surface area contributed by atoms with Crippen LogP contribution in [0.3, 0.4) is 0 Å². The Morgan fingerprint density at radius 3 is 2.65 bits per heavy atom. The second-order valence-electron chi connectivity index (χ2n) is 5.48. The summed E-state index contributed by atoms with van der Waals surface area (Å²) in [6.45, 7) is 3.29. The molecule has 2 fully saturated rings. The van der Waals surface area contributed by atoms with Crippen molar-refractivity contribution < 1.29 is 4.79 Å². The van der Waals surface area contributed by atoms with Gasteiger partial charge in [-0.15, -0.1) is 12.4 Å². The fourth-order valence-corrected chi connectivity index (χ4v) is 2.94. The number of rotatable bonds is 2. The van der Waals surface area contributed by atoms with Gasteiger partial charge in [-0.1, -0.05) is 26.2 Å². The van der Waals surface area contributed by atoms with Crippen LogP contribution in [0.5, 0.6) is 0 Å². The standard InChI is InChI=1S/C13H24N2O.ClH/c1-10-5-4-6-11(9-10)15-13(16)12-7-2-3-8-14-12;/h10-12,14H,2-9H2,1H3,(H,15,16);1H/t10?,11?,12-;/m0./s1. The number of halogens is 1. The first kappa shape index (κ1) is 14.8. The molecule has 1 heterocycles. The maximum Gasteiger partial charge on any atom is 0.237 e. The van der Waals surface area contributed by atoms with E-state index in [-0.39, 0.29) is 24.4 Å². The molecule has 0 aromatic carbocycles. The highest BCUT2D eigenvalue weighted by Gasteiger charge is 2.25. The fraction of sp³-hybridized carbons (Fsp3) is 0.923. The third kappa shape index (κ3) is 4.47. The van der Waals surface area contributed by atoms with Gasteiger partial charge in [-0.2, -0.15) is 0 Å². The average molecular weight is 261 g/mol. The van der Waals surface area contributed by atoms with Crippen LogP contribution in [0, 0.1) is 5.92 Å². The van der Waals surface area contributed by atoms with Crippen molar-refractivity contribution in [1.82, 2.24) is 10.6 Å². The Kier molecular flexibility index (Phi) is 6.28. The summed E-state index contributed by atoms with van der Waals surface area (Å²) >= 11 is 0. The minimum Gasteiger partial charge on any atom is -0.352 e. The lowest BCUT2D eigenvalue weighted by atomic mass is 9.87. The zero-order valence-electron chi connectivity index (χ0n) is 10.7. The van der Waals surface area contributed by atoms with Crippen molar-refractivity contribution in [2.45, 2.75) is 64.0 Å². The maximum absolute atomic E-state index is 12.0. The Morgan fingerprint density at radius 2 is 2.00 bits per heavy atom. The van der Waals surface area contributed by atoms with Crippen molar-refractivity contribution in [1.29, 1.82) is 0 Å². The van der Waals surface area contributed by atoms with Crippen molar-refractivity contribution in [2.24, 2.45) is 5.92 Å². The van der Waals surface area contributed by atoms with Gasteiger partial charge in [-0.25, -0.2) is 0 Å². The molecule has 0 bridgehead atoms. The van der Waals surface area contributed by atoms with Gasteiger partial charge in [0.15, 0.2) is 0 Å². The van der Waals surface area contributed by atoms with Gasteiger partial charge in [0, 0.05) is 6.04 Å². The van der Waals surface area contributed by atoms with Crippen LogP contribution in [0.15, 0.2) is 0 Å². The van der Waals surface area contributed by atoms with Crippen molar-refractivity contribution in [3.05, 3.63) is 0 Å². The normalized spacial score (nSPS) is 33.6. The molecule has 1 saturated heterocycles. The summed E-state index contributed by atoms with van der Waals surface area (Å²) < 4.78 is 0. The molecule has 1 aliphatic heterocycles. The number of nitrogens with one attached hydrogen (secondary N) is 2. The van der Waals surface area contributed by atoms with E-state index in [0.29, 0.717) is 6.04 Å². The molecule has 3 atom stereocenters. The van der Waals surface area contributed by atoms with E-state index in [1.807, 2.05) is 0 Å². The molecular formula is C13H25ClN2O. The van der Waals surface area contributed by atoms with E-state index < -0.39 is 0 Å². The number of piperidine rings is 1. The molecule has 1 saturated carbocycles. The van der Waals surface area contributed by atoms with Gasteiger partial charge in [-0.3, -0.25) is 4.79 Å². The van der Waals surface area contributed by atoms with Crippen LogP contribution in [-0.4, -0.2) is 24.5 Å². The molecule has 1 amide bonds. The van der Waals surface area contributed by atoms with Gasteiger partial charge >= 0.3 is 0 Å². The van der Waals surface area contributed by atoms with Gasteiger partial charge in [0.2, 0.25) is 5.91 Å². The van der Waals surface area contributed by atoms with Crippen molar-refractivity contribution in [3.63, 3.8) is 0 Å². The molecule has 0 radical (unpaired) electrons. The Balaban J connectivity index is 0.00000144. The molecule has 100 valence electrons. The summed E-state index contributed by atoms with van der Waals surface area (Å²) in [5, 5.41) is 6.53. The van der Waals surface area contributed by atoms with E-state index in [2.05, 4.69) is 17.6 Å². The molecule has 0 spiro atoms.